The van der Waals surface area contributed by atoms with Crippen LogP contribution in [0.3, 0.4) is 0 Å². The molecule has 2 aliphatic rings. The minimum absolute atomic E-state index is 0.0933. The summed E-state index contributed by atoms with van der Waals surface area (Å²) in [5.41, 5.74) is -1.15. The Balaban J connectivity index is 2.25. The van der Waals surface area contributed by atoms with E-state index in [1.165, 1.54) is 0 Å². The summed E-state index contributed by atoms with van der Waals surface area (Å²) in [6.07, 6.45) is 3.80. The van der Waals surface area contributed by atoms with Crippen LogP contribution in [0.4, 0.5) is 4.79 Å². The van der Waals surface area contributed by atoms with Crippen molar-refractivity contribution in [2.45, 2.75) is 64.0 Å². The standard InChI is InChI=1S/C14H24N2O3/c1-4-14(11(17)18)8-6-10-16(14)12(19)15-9-5-7-13(15,2)3/h4-10H2,1-3H3,(H,17,18). The average Bonchev–Trinajstić information content (AvgIpc) is 2.91. The Morgan fingerprint density at radius 1 is 1.11 bits per heavy atom. The topological polar surface area (TPSA) is 60.9 Å². The van der Waals surface area contributed by atoms with E-state index in [0.717, 1.165) is 25.8 Å². The molecule has 0 spiro atoms. The Labute approximate surface area is 114 Å². The first-order valence-corrected chi connectivity index (χ1v) is 7.18. The molecule has 1 N–H and O–H groups in total. The van der Waals surface area contributed by atoms with Crippen LogP contribution in [0.25, 0.3) is 0 Å². The lowest BCUT2D eigenvalue weighted by Gasteiger charge is -2.40. The van der Waals surface area contributed by atoms with Gasteiger partial charge in [0.15, 0.2) is 0 Å². The highest BCUT2D eigenvalue weighted by Crippen LogP contribution is 2.37. The fourth-order valence-corrected chi connectivity index (χ4v) is 3.51. The molecule has 0 radical (unpaired) electrons. The maximum absolute atomic E-state index is 12.7. The van der Waals surface area contributed by atoms with Crippen LogP contribution >= 0.6 is 0 Å². The van der Waals surface area contributed by atoms with E-state index in [0.29, 0.717) is 19.4 Å². The Morgan fingerprint density at radius 2 is 1.68 bits per heavy atom. The second-order valence-electron chi connectivity index (χ2n) is 6.30. The van der Waals surface area contributed by atoms with Gasteiger partial charge in [0.05, 0.1) is 0 Å². The molecule has 2 aliphatic heterocycles. The van der Waals surface area contributed by atoms with Crippen molar-refractivity contribution in [2.24, 2.45) is 0 Å². The lowest BCUT2D eigenvalue weighted by molar-refractivity contribution is -0.148. The minimum Gasteiger partial charge on any atom is -0.479 e. The van der Waals surface area contributed by atoms with E-state index >= 15 is 0 Å². The van der Waals surface area contributed by atoms with Crippen molar-refractivity contribution in [3.63, 3.8) is 0 Å². The SMILES string of the molecule is CCC1(C(=O)O)CCCN1C(=O)N1CCCC1(C)C. The molecule has 0 aromatic carbocycles. The van der Waals surface area contributed by atoms with Gasteiger partial charge >= 0.3 is 12.0 Å². The molecule has 0 aromatic heterocycles. The number of rotatable bonds is 2. The molecule has 2 heterocycles. The summed E-state index contributed by atoms with van der Waals surface area (Å²) in [5, 5.41) is 9.54. The van der Waals surface area contributed by atoms with Gasteiger partial charge in [0.2, 0.25) is 0 Å². The van der Waals surface area contributed by atoms with Gasteiger partial charge in [0.1, 0.15) is 5.54 Å². The van der Waals surface area contributed by atoms with E-state index < -0.39 is 11.5 Å². The zero-order valence-electron chi connectivity index (χ0n) is 12.1. The van der Waals surface area contributed by atoms with Crippen LogP contribution in [0.2, 0.25) is 0 Å². The van der Waals surface area contributed by atoms with Crippen molar-refractivity contribution in [3.8, 4) is 0 Å². The van der Waals surface area contributed by atoms with E-state index in [-0.39, 0.29) is 11.6 Å². The van der Waals surface area contributed by atoms with Gasteiger partial charge in [-0.25, -0.2) is 9.59 Å². The Hall–Kier alpha value is -1.26. The molecule has 0 bridgehead atoms. The van der Waals surface area contributed by atoms with Crippen molar-refractivity contribution < 1.29 is 14.7 Å². The van der Waals surface area contributed by atoms with Crippen molar-refractivity contribution in [1.29, 1.82) is 0 Å². The third-order valence-corrected chi connectivity index (χ3v) is 4.83. The van der Waals surface area contributed by atoms with Crippen LogP contribution < -0.4 is 0 Å². The van der Waals surface area contributed by atoms with Crippen molar-refractivity contribution in [2.75, 3.05) is 13.1 Å². The number of carbonyl (C=O) groups excluding carboxylic acids is 1. The Bertz CT molecular complexity index is 394. The molecule has 2 saturated heterocycles. The number of urea groups is 1. The van der Waals surface area contributed by atoms with E-state index in [4.69, 9.17) is 0 Å². The maximum Gasteiger partial charge on any atom is 0.329 e. The van der Waals surface area contributed by atoms with Crippen LogP contribution in [0.1, 0.15) is 52.9 Å². The second kappa shape index (κ2) is 4.69. The number of aliphatic carboxylic acids is 1. The number of hydrogen-bond donors (Lipinski definition) is 1. The highest BCUT2D eigenvalue weighted by Gasteiger charge is 2.51. The zero-order valence-corrected chi connectivity index (χ0v) is 12.1. The second-order valence-corrected chi connectivity index (χ2v) is 6.30. The molecule has 2 amide bonds. The fraction of sp³-hybridized carbons (Fsp3) is 0.857. The Morgan fingerprint density at radius 3 is 2.16 bits per heavy atom. The van der Waals surface area contributed by atoms with Gasteiger partial charge in [-0.1, -0.05) is 6.92 Å². The summed E-state index contributed by atoms with van der Waals surface area (Å²) in [4.78, 5) is 27.8. The van der Waals surface area contributed by atoms with Crippen LogP contribution in [0, 0.1) is 0 Å². The van der Waals surface area contributed by atoms with Crippen LogP contribution in [-0.2, 0) is 4.79 Å². The molecular formula is C14H24N2O3. The summed E-state index contributed by atoms with van der Waals surface area (Å²) in [5.74, 6) is -0.863. The smallest absolute Gasteiger partial charge is 0.329 e. The molecular weight excluding hydrogens is 244 g/mol. The predicted molar refractivity (Wildman–Crippen MR) is 72.0 cm³/mol. The predicted octanol–water partition coefficient (Wildman–Crippen LogP) is 2.31. The molecule has 0 aliphatic carbocycles. The van der Waals surface area contributed by atoms with E-state index in [1.54, 1.807) is 4.90 Å². The zero-order chi connectivity index (χ0) is 14.3. The van der Waals surface area contributed by atoms with Crippen molar-refractivity contribution in [3.05, 3.63) is 0 Å². The first-order chi connectivity index (χ1) is 8.85. The van der Waals surface area contributed by atoms with Gasteiger partial charge in [-0.3, -0.25) is 0 Å². The molecule has 108 valence electrons. The molecule has 1 unspecified atom stereocenters. The first-order valence-electron chi connectivity index (χ1n) is 7.18. The molecule has 19 heavy (non-hydrogen) atoms. The summed E-state index contributed by atoms with van der Waals surface area (Å²) in [6, 6.07) is -0.0933. The van der Waals surface area contributed by atoms with Crippen LogP contribution in [0.15, 0.2) is 0 Å². The molecule has 0 aromatic rings. The largest absolute Gasteiger partial charge is 0.479 e. The lowest BCUT2D eigenvalue weighted by Crippen LogP contribution is -2.58. The first kappa shape index (κ1) is 14.2. The van der Waals surface area contributed by atoms with Gasteiger partial charge in [-0.2, -0.15) is 0 Å². The van der Waals surface area contributed by atoms with Gasteiger partial charge in [-0.05, 0) is 46.0 Å². The summed E-state index contributed by atoms with van der Waals surface area (Å²) >= 11 is 0. The maximum atomic E-state index is 12.7. The molecule has 5 nitrogen and oxygen atoms in total. The molecule has 0 saturated carbocycles. The summed E-state index contributed by atoms with van der Waals surface area (Å²) in [6.45, 7) is 7.27. The highest BCUT2D eigenvalue weighted by atomic mass is 16.4. The van der Waals surface area contributed by atoms with E-state index in [1.807, 2.05) is 11.8 Å². The normalized spacial score (nSPS) is 29.8. The van der Waals surface area contributed by atoms with Gasteiger partial charge in [0.25, 0.3) is 0 Å². The number of carbonyl (C=O) groups is 2. The van der Waals surface area contributed by atoms with Crippen molar-refractivity contribution in [1.82, 2.24) is 9.80 Å². The highest BCUT2D eigenvalue weighted by molar-refractivity contribution is 5.87. The van der Waals surface area contributed by atoms with Crippen molar-refractivity contribution >= 4 is 12.0 Å². The van der Waals surface area contributed by atoms with E-state index in [2.05, 4.69) is 13.8 Å². The Kier molecular flexibility index (Phi) is 3.49. The third kappa shape index (κ3) is 2.09. The number of amides is 2. The van der Waals surface area contributed by atoms with Gasteiger partial charge in [0, 0.05) is 18.6 Å². The van der Waals surface area contributed by atoms with Gasteiger partial charge < -0.3 is 14.9 Å². The molecule has 1 atom stereocenters. The van der Waals surface area contributed by atoms with Crippen LogP contribution in [-0.4, -0.2) is 51.1 Å². The number of carboxylic acid groups (broad SMARTS) is 1. The fourth-order valence-electron chi connectivity index (χ4n) is 3.51. The summed E-state index contributed by atoms with van der Waals surface area (Å²) < 4.78 is 0. The minimum atomic E-state index is -0.990. The quantitative estimate of drug-likeness (QED) is 0.836. The molecule has 2 rings (SSSR count). The average molecular weight is 268 g/mol. The lowest BCUT2D eigenvalue weighted by atomic mass is 9.93. The number of nitrogens with zero attached hydrogens (tertiary/aromatic N) is 2. The van der Waals surface area contributed by atoms with Gasteiger partial charge in [-0.15, -0.1) is 0 Å². The number of hydrogen-bond acceptors (Lipinski definition) is 2. The molecule has 5 heteroatoms. The molecule has 2 fully saturated rings. The summed E-state index contributed by atoms with van der Waals surface area (Å²) in [7, 11) is 0. The van der Waals surface area contributed by atoms with Crippen LogP contribution in [0.5, 0.6) is 0 Å². The number of carboxylic acids is 1. The monoisotopic (exact) mass is 268 g/mol. The third-order valence-electron chi connectivity index (χ3n) is 4.83. The van der Waals surface area contributed by atoms with E-state index in [9.17, 15) is 14.7 Å². The number of likely N-dealkylation sites (tertiary alicyclic amines) is 2.